The number of hydrogen-bond acceptors (Lipinski definition) is 6. The Bertz CT molecular complexity index is 1330. The molecule has 1 atom stereocenters. The first-order valence-electron chi connectivity index (χ1n) is 10.7. The highest BCUT2D eigenvalue weighted by Gasteiger charge is 2.27. The molecule has 4 rings (SSSR count). The molecule has 0 bridgehead atoms. The summed E-state index contributed by atoms with van der Waals surface area (Å²) in [6.45, 7) is 3.71. The third-order valence-electron chi connectivity index (χ3n) is 5.65. The van der Waals surface area contributed by atoms with Gasteiger partial charge < -0.3 is 9.15 Å². The van der Waals surface area contributed by atoms with Crippen LogP contribution in [0.1, 0.15) is 42.9 Å². The van der Waals surface area contributed by atoms with E-state index in [9.17, 15) is 18.0 Å². The molecule has 32 heavy (non-hydrogen) atoms. The van der Waals surface area contributed by atoms with Gasteiger partial charge >= 0.3 is 11.6 Å². The van der Waals surface area contributed by atoms with Gasteiger partial charge in [0.15, 0.2) is 0 Å². The normalized spacial score (nSPS) is 14.3. The first-order valence-corrected chi connectivity index (χ1v) is 12.2. The summed E-state index contributed by atoms with van der Waals surface area (Å²) in [5.74, 6) is -0.523. The molecule has 0 spiro atoms. The second-order valence-electron chi connectivity index (χ2n) is 8.05. The molecule has 1 aliphatic rings. The van der Waals surface area contributed by atoms with E-state index in [1.54, 1.807) is 24.3 Å². The van der Waals surface area contributed by atoms with Gasteiger partial charge in [-0.25, -0.2) is 18.0 Å². The Hall–Kier alpha value is -2.97. The van der Waals surface area contributed by atoms with Gasteiger partial charge in [0.05, 0.1) is 4.90 Å². The number of rotatable bonds is 7. The van der Waals surface area contributed by atoms with Gasteiger partial charge in [-0.1, -0.05) is 31.0 Å². The maximum absolute atomic E-state index is 12.8. The van der Waals surface area contributed by atoms with Crippen LogP contribution in [0.5, 0.6) is 5.75 Å². The Morgan fingerprint density at radius 1 is 1.12 bits per heavy atom. The van der Waals surface area contributed by atoms with E-state index in [0.29, 0.717) is 18.4 Å². The first kappa shape index (κ1) is 22.2. The van der Waals surface area contributed by atoms with Crippen molar-refractivity contribution in [3.8, 4) is 5.75 Å². The maximum Gasteiger partial charge on any atom is 0.339 e. The van der Waals surface area contributed by atoms with Crippen molar-refractivity contribution in [2.45, 2.75) is 56.9 Å². The molecule has 1 aromatic heterocycles. The van der Waals surface area contributed by atoms with Gasteiger partial charge in [0.2, 0.25) is 10.0 Å². The zero-order valence-corrected chi connectivity index (χ0v) is 18.8. The third-order valence-corrected chi connectivity index (χ3v) is 7.14. The number of aryl methyl sites for hydroxylation is 2. The molecule has 0 saturated carbocycles. The monoisotopic (exact) mass is 455 g/mol. The second kappa shape index (κ2) is 8.88. The van der Waals surface area contributed by atoms with Crippen LogP contribution >= 0.6 is 0 Å². The summed E-state index contributed by atoms with van der Waals surface area (Å²) >= 11 is 0. The molecule has 1 aliphatic carbocycles. The number of fused-ring (bicyclic) bond motifs is 3. The Balaban J connectivity index is 1.56. The van der Waals surface area contributed by atoms with Crippen LogP contribution in [0.25, 0.3) is 11.0 Å². The van der Waals surface area contributed by atoms with Gasteiger partial charge in [0.1, 0.15) is 17.4 Å². The van der Waals surface area contributed by atoms with Gasteiger partial charge in [-0.3, -0.25) is 0 Å². The van der Waals surface area contributed by atoms with E-state index < -0.39 is 22.0 Å². The quantitative estimate of drug-likeness (QED) is 0.331. The molecule has 0 unspecified atom stereocenters. The molecule has 0 fully saturated rings. The topological polar surface area (TPSA) is 103 Å². The zero-order valence-electron chi connectivity index (χ0n) is 18.0. The predicted molar refractivity (Wildman–Crippen MR) is 120 cm³/mol. The summed E-state index contributed by atoms with van der Waals surface area (Å²) < 4.78 is 38.8. The average molecular weight is 456 g/mol. The van der Waals surface area contributed by atoms with Crippen molar-refractivity contribution in [1.82, 2.24) is 4.72 Å². The summed E-state index contributed by atoms with van der Waals surface area (Å²) in [5.41, 5.74) is 2.64. The summed E-state index contributed by atoms with van der Waals surface area (Å²) in [7, 11) is -3.89. The Morgan fingerprint density at radius 2 is 1.84 bits per heavy atom. The van der Waals surface area contributed by atoms with E-state index in [-0.39, 0.29) is 22.7 Å². The second-order valence-corrected chi connectivity index (χ2v) is 9.77. The molecule has 7 nitrogen and oxygen atoms in total. The molecule has 168 valence electrons. The van der Waals surface area contributed by atoms with Crippen LogP contribution in [0.15, 0.2) is 56.6 Å². The zero-order chi connectivity index (χ0) is 22.9. The lowest BCUT2D eigenvalue weighted by atomic mass is 10.1. The van der Waals surface area contributed by atoms with Gasteiger partial charge in [-0.05, 0) is 62.4 Å². The van der Waals surface area contributed by atoms with E-state index in [0.717, 1.165) is 34.9 Å². The summed E-state index contributed by atoms with van der Waals surface area (Å²) in [6, 6.07) is 10.3. The minimum atomic E-state index is -3.89. The Labute approximate surface area is 186 Å². The number of benzene rings is 2. The fraction of sp³-hybridized carbons (Fsp3) is 0.333. The largest absolute Gasteiger partial charge is 0.425 e. The molecule has 0 radical (unpaired) electrons. The van der Waals surface area contributed by atoms with E-state index in [1.165, 1.54) is 18.2 Å². The molecule has 3 aromatic rings. The number of esters is 1. The molecular formula is C24H25NO6S. The van der Waals surface area contributed by atoms with Crippen LogP contribution in [0.4, 0.5) is 0 Å². The molecule has 0 amide bonds. The van der Waals surface area contributed by atoms with Crippen LogP contribution in [0, 0.1) is 6.92 Å². The highest BCUT2D eigenvalue weighted by Crippen LogP contribution is 2.29. The van der Waals surface area contributed by atoms with Gasteiger partial charge in [-0.15, -0.1) is 0 Å². The van der Waals surface area contributed by atoms with Crippen molar-refractivity contribution in [2.75, 3.05) is 0 Å². The SMILES string of the molecule is CCC[C@@H](NS(=O)(=O)c1ccc(C)cc1)C(=O)Oc1ccc2c3c(c(=O)oc2c1)CCC3. The van der Waals surface area contributed by atoms with Crippen molar-refractivity contribution < 1.29 is 22.4 Å². The number of carbonyl (C=O) groups is 1. The van der Waals surface area contributed by atoms with Gasteiger partial charge in [0.25, 0.3) is 0 Å². The Kier molecular flexibility index (Phi) is 6.17. The lowest BCUT2D eigenvalue weighted by molar-refractivity contribution is -0.136. The van der Waals surface area contributed by atoms with Crippen LogP contribution in [0.3, 0.4) is 0 Å². The number of nitrogens with one attached hydrogen (secondary N) is 1. The lowest BCUT2D eigenvalue weighted by Crippen LogP contribution is -2.42. The highest BCUT2D eigenvalue weighted by atomic mass is 32.2. The lowest BCUT2D eigenvalue weighted by Gasteiger charge is -2.17. The molecular weight excluding hydrogens is 430 g/mol. The number of carbonyl (C=O) groups excluding carboxylic acids is 1. The Morgan fingerprint density at radius 3 is 2.56 bits per heavy atom. The number of hydrogen-bond donors (Lipinski definition) is 1. The minimum absolute atomic E-state index is 0.0818. The molecule has 0 saturated heterocycles. The maximum atomic E-state index is 12.8. The van der Waals surface area contributed by atoms with Crippen LogP contribution in [0.2, 0.25) is 0 Å². The van der Waals surface area contributed by atoms with Gasteiger partial charge in [0, 0.05) is 17.0 Å². The highest BCUT2D eigenvalue weighted by molar-refractivity contribution is 7.89. The van der Waals surface area contributed by atoms with Gasteiger partial charge in [-0.2, -0.15) is 4.72 Å². The summed E-state index contributed by atoms with van der Waals surface area (Å²) in [4.78, 5) is 25.1. The molecule has 0 aliphatic heterocycles. The number of ether oxygens (including phenoxy) is 1. The van der Waals surface area contributed by atoms with Crippen LogP contribution < -0.4 is 15.1 Å². The average Bonchev–Trinajstić information content (AvgIpc) is 3.24. The fourth-order valence-electron chi connectivity index (χ4n) is 4.00. The molecule has 1 N–H and O–H groups in total. The van der Waals surface area contributed by atoms with E-state index in [2.05, 4.69) is 4.72 Å². The van der Waals surface area contributed by atoms with Crippen LogP contribution in [-0.2, 0) is 27.7 Å². The van der Waals surface area contributed by atoms with Crippen LogP contribution in [-0.4, -0.2) is 20.4 Å². The van der Waals surface area contributed by atoms with E-state index >= 15 is 0 Å². The summed E-state index contributed by atoms with van der Waals surface area (Å²) in [5, 5.41) is 0.835. The minimum Gasteiger partial charge on any atom is -0.425 e. The summed E-state index contributed by atoms with van der Waals surface area (Å²) in [6.07, 6.45) is 3.30. The smallest absolute Gasteiger partial charge is 0.339 e. The molecule has 1 heterocycles. The van der Waals surface area contributed by atoms with E-state index in [4.69, 9.17) is 9.15 Å². The third kappa shape index (κ3) is 4.47. The van der Waals surface area contributed by atoms with Crippen molar-refractivity contribution in [3.63, 3.8) is 0 Å². The first-order chi connectivity index (χ1) is 15.3. The molecule has 2 aromatic carbocycles. The van der Waals surface area contributed by atoms with Crippen molar-refractivity contribution >= 4 is 27.0 Å². The van der Waals surface area contributed by atoms with Crippen molar-refractivity contribution in [2.24, 2.45) is 0 Å². The van der Waals surface area contributed by atoms with E-state index in [1.807, 2.05) is 13.8 Å². The fourth-order valence-corrected chi connectivity index (χ4v) is 5.22. The van der Waals surface area contributed by atoms with Crippen molar-refractivity contribution in [1.29, 1.82) is 0 Å². The standard InChI is InChI=1S/C24H25NO6S/c1-3-5-21(25-32(28,29)17-11-8-15(2)9-12-17)24(27)30-16-10-13-19-18-6-4-7-20(18)23(26)31-22(19)14-16/h8-14,21,25H,3-7H2,1-2H3/t21-/m1/s1. The predicted octanol–water partition coefficient (Wildman–Crippen LogP) is 3.64. The number of sulfonamides is 1. The van der Waals surface area contributed by atoms with Crippen molar-refractivity contribution in [3.05, 3.63) is 69.6 Å². The molecule has 8 heteroatoms.